The molecule has 1 rings (SSSR count). The number of rotatable bonds is 9. The lowest BCUT2D eigenvalue weighted by Gasteiger charge is -2.18. The zero-order valence-electron chi connectivity index (χ0n) is 10.9. The van der Waals surface area contributed by atoms with E-state index in [-0.39, 0.29) is 12.7 Å². The van der Waals surface area contributed by atoms with Crippen molar-refractivity contribution in [2.24, 2.45) is 5.92 Å². The van der Waals surface area contributed by atoms with E-state index in [1.165, 1.54) is 7.11 Å². The van der Waals surface area contributed by atoms with Gasteiger partial charge in [-0.15, -0.1) is 0 Å². The van der Waals surface area contributed by atoms with Gasteiger partial charge in [-0.2, -0.15) is 0 Å². The molecule has 0 radical (unpaired) electrons. The van der Waals surface area contributed by atoms with Crippen molar-refractivity contribution in [2.75, 3.05) is 20.5 Å². The Morgan fingerprint density at radius 1 is 1.28 bits per heavy atom. The van der Waals surface area contributed by atoms with E-state index in [1.807, 2.05) is 37.3 Å². The monoisotopic (exact) mass is 252 g/mol. The maximum absolute atomic E-state index is 10.8. The van der Waals surface area contributed by atoms with Crippen molar-refractivity contribution in [3.8, 4) is 0 Å². The molecule has 100 valence electrons. The van der Waals surface area contributed by atoms with E-state index in [0.29, 0.717) is 13.2 Å². The quantitative estimate of drug-likeness (QED) is 0.498. The summed E-state index contributed by atoms with van der Waals surface area (Å²) >= 11 is 0. The minimum Gasteiger partial charge on any atom is -0.376 e. The van der Waals surface area contributed by atoms with E-state index in [2.05, 4.69) is 0 Å². The highest BCUT2D eigenvalue weighted by Gasteiger charge is 2.17. The van der Waals surface area contributed by atoms with Gasteiger partial charge in [-0.25, -0.2) is 0 Å². The van der Waals surface area contributed by atoms with Gasteiger partial charge in [0.15, 0.2) is 0 Å². The predicted octanol–water partition coefficient (Wildman–Crippen LogP) is 2.03. The number of hydrogen-bond donors (Lipinski definition) is 0. The van der Waals surface area contributed by atoms with Crippen LogP contribution in [0.1, 0.15) is 12.5 Å². The van der Waals surface area contributed by atoms with Crippen LogP contribution in [0.4, 0.5) is 0 Å². The van der Waals surface area contributed by atoms with E-state index in [1.54, 1.807) is 0 Å². The highest BCUT2D eigenvalue weighted by atomic mass is 16.7. The zero-order chi connectivity index (χ0) is 13.2. The number of methoxy groups -OCH3 is 1. The summed E-state index contributed by atoms with van der Waals surface area (Å²) in [4.78, 5) is 10.8. The number of hydrogen-bond acceptors (Lipinski definition) is 4. The van der Waals surface area contributed by atoms with Crippen LogP contribution in [0.3, 0.4) is 0 Å². The van der Waals surface area contributed by atoms with Crippen molar-refractivity contribution in [1.82, 2.24) is 0 Å². The summed E-state index contributed by atoms with van der Waals surface area (Å²) in [5.41, 5.74) is 1.12. The van der Waals surface area contributed by atoms with E-state index >= 15 is 0 Å². The molecule has 1 aromatic rings. The number of benzene rings is 1. The van der Waals surface area contributed by atoms with E-state index in [0.717, 1.165) is 11.8 Å². The topological polar surface area (TPSA) is 44.8 Å². The summed E-state index contributed by atoms with van der Waals surface area (Å²) < 4.78 is 15.6. The first kappa shape index (κ1) is 14.8. The minimum atomic E-state index is -0.485. The Labute approximate surface area is 108 Å². The summed E-state index contributed by atoms with van der Waals surface area (Å²) in [5.74, 6) is 0.00126. The number of carbonyl (C=O) groups excluding carboxylic acids is 1. The van der Waals surface area contributed by atoms with Gasteiger partial charge in [0.2, 0.25) is 0 Å². The summed E-state index contributed by atoms with van der Waals surface area (Å²) in [6.07, 6.45) is 0.302. The van der Waals surface area contributed by atoms with Crippen molar-refractivity contribution in [1.29, 1.82) is 0 Å². The predicted molar refractivity (Wildman–Crippen MR) is 68.1 cm³/mol. The molecule has 0 aliphatic rings. The molecular formula is C14H20O4. The number of aldehydes is 1. The van der Waals surface area contributed by atoms with Crippen molar-refractivity contribution < 1.29 is 19.0 Å². The molecule has 0 unspecified atom stereocenters. The van der Waals surface area contributed by atoms with Crippen LogP contribution in [0.5, 0.6) is 0 Å². The molecule has 1 aromatic carbocycles. The third-order valence-corrected chi connectivity index (χ3v) is 2.57. The highest BCUT2D eigenvalue weighted by Crippen LogP contribution is 2.08. The lowest BCUT2D eigenvalue weighted by Crippen LogP contribution is -2.27. The molecule has 0 heterocycles. The minimum absolute atomic E-state index is 0.00126. The maximum atomic E-state index is 10.8. The van der Waals surface area contributed by atoms with Crippen LogP contribution >= 0.6 is 0 Å². The first-order chi connectivity index (χ1) is 8.77. The van der Waals surface area contributed by atoms with E-state index < -0.39 is 6.10 Å². The summed E-state index contributed by atoms with van der Waals surface area (Å²) in [7, 11) is 1.53. The van der Waals surface area contributed by atoms with Crippen LogP contribution in [0.15, 0.2) is 30.3 Å². The van der Waals surface area contributed by atoms with E-state index in [4.69, 9.17) is 14.2 Å². The van der Waals surface area contributed by atoms with Gasteiger partial charge in [-0.3, -0.25) is 0 Å². The van der Waals surface area contributed by atoms with Crippen LogP contribution in [-0.4, -0.2) is 32.9 Å². The second-order valence-electron chi connectivity index (χ2n) is 4.15. The van der Waals surface area contributed by atoms with Gasteiger partial charge in [0.25, 0.3) is 0 Å². The lowest BCUT2D eigenvalue weighted by molar-refractivity contribution is -0.135. The Balaban J connectivity index is 2.26. The summed E-state index contributed by atoms with van der Waals surface area (Å²) in [6, 6.07) is 9.91. The van der Waals surface area contributed by atoms with Crippen LogP contribution < -0.4 is 0 Å². The van der Waals surface area contributed by atoms with Crippen molar-refractivity contribution in [3.63, 3.8) is 0 Å². The van der Waals surface area contributed by atoms with Gasteiger partial charge in [-0.05, 0) is 5.56 Å². The molecule has 0 spiro atoms. The van der Waals surface area contributed by atoms with Gasteiger partial charge in [0, 0.05) is 13.0 Å². The molecular weight excluding hydrogens is 232 g/mol. The van der Waals surface area contributed by atoms with Crippen molar-refractivity contribution >= 4 is 6.29 Å². The Kier molecular flexibility index (Phi) is 7.25. The fraction of sp³-hybridized carbons (Fsp3) is 0.500. The molecule has 0 N–H and O–H groups in total. The number of carbonyl (C=O) groups is 1. The second-order valence-corrected chi connectivity index (χ2v) is 4.15. The fourth-order valence-corrected chi connectivity index (χ4v) is 1.52. The lowest BCUT2D eigenvalue weighted by atomic mass is 10.1. The largest absolute Gasteiger partial charge is 0.376 e. The first-order valence-electron chi connectivity index (χ1n) is 5.95. The highest BCUT2D eigenvalue weighted by molar-refractivity contribution is 5.56. The van der Waals surface area contributed by atoms with Crippen LogP contribution in [0, 0.1) is 5.92 Å². The van der Waals surface area contributed by atoms with Crippen molar-refractivity contribution in [2.45, 2.75) is 19.6 Å². The molecule has 0 fully saturated rings. The molecule has 0 saturated heterocycles. The average Bonchev–Trinajstić information content (AvgIpc) is 2.41. The molecule has 4 nitrogen and oxygen atoms in total. The third kappa shape index (κ3) is 5.40. The van der Waals surface area contributed by atoms with Gasteiger partial charge in [-0.1, -0.05) is 37.3 Å². The molecule has 4 heteroatoms. The van der Waals surface area contributed by atoms with Crippen LogP contribution in [0.25, 0.3) is 0 Å². The van der Waals surface area contributed by atoms with Gasteiger partial charge in [0.1, 0.15) is 19.2 Å². The second kappa shape index (κ2) is 8.80. The fourth-order valence-electron chi connectivity index (χ4n) is 1.52. The normalized spacial score (nSPS) is 14.1. The van der Waals surface area contributed by atoms with Crippen LogP contribution in [0.2, 0.25) is 0 Å². The maximum Gasteiger partial charge on any atom is 0.149 e. The average molecular weight is 252 g/mol. The molecule has 0 aromatic heterocycles. The Morgan fingerprint density at radius 3 is 2.61 bits per heavy atom. The molecule has 2 atom stereocenters. The third-order valence-electron chi connectivity index (χ3n) is 2.57. The zero-order valence-corrected chi connectivity index (χ0v) is 10.9. The first-order valence-corrected chi connectivity index (χ1v) is 5.95. The summed E-state index contributed by atoms with van der Waals surface area (Å²) in [6.45, 7) is 3.05. The molecule has 0 aliphatic carbocycles. The van der Waals surface area contributed by atoms with Gasteiger partial charge >= 0.3 is 0 Å². The molecule has 18 heavy (non-hydrogen) atoms. The number of ether oxygens (including phenoxy) is 3. The molecule has 0 bridgehead atoms. The molecule has 0 aliphatic heterocycles. The molecule has 0 saturated carbocycles. The van der Waals surface area contributed by atoms with Gasteiger partial charge in [0.05, 0.1) is 13.2 Å². The van der Waals surface area contributed by atoms with E-state index in [9.17, 15) is 4.79 Å². The Bertz CT molecular complexity index is 326. The van der Waals surface area contributed by atoms with Gasteiger partial charge < -0.3 is 19.0 Å². The Hall–Kier alpha value is -1.23. The summed E-state index contributed by atoms with van der Waals surface area (Å²) in [5, 5.41) is 0. The van der Waals surface area contributed by atoms with Crippen LogP contribution in [-0.2, 0) is 25.6 Å². The van der Waals surface area contributed by atoms with Crippen molar-refractivity contribution in [3.05, 3.63) is 35.9 Å². The SMILES string of the molecule is COCO[C@@H](C=O)[C@H](C)COCc1ccccc1. The molecule has 0 amide bonds. The smallest absolute Gasteiger partial charge is 0.149 e. The standard InChI is InChI=1S/C14H20O4/c1-12(14(8-15)18-11-16-2)9-17-10-13-6-4-3-5-7-13/h3-8,12,14H,9-11H2,1-2H3/t12-,14+/m1/s1. The Morgan fingerprint density at radius 2 is 2.00 bits per heavy atom.